The average Bonchev–Trinajstić information content (AvgIpc) is 2.90. The lowest BCUT2D eigenvalue weighted by Crippen LogP contribution is -2.37. The third kappa shape index (κ3) is 5.38. The third-order valence-corrected chi connectivity index (χ3v) is 6.81. The zero-order valence-electron chi connectivity index (χ0n) is 20.9. The smallest absolute Gasteiger partial charge is 0.308 e. The Kier molecular flexibility index (Phi) is 7.82. The van der Waals surface area contributed by atoms with Gasteiger partial charge in [0.25, 0.3) is 0 Å². The Balaban J connectivity index is 1.75. The van der Waals surface area contributed by atoms with Crippen LogP contribution >= 0.6 is 0 Å². The first kappa shape index (κ1) is 24.5. The number of esters is 1. The van der Waals surface area contributed by atoms with E-state index in [0.29, 0.717) is 6.61 Å². The maximum Gasteiger partial charge on any atom is 0.308 e. The standard InChI is InChI=1S/C33H34O2/c1-25(2)32(34)35-24-28-15-13-14-27(23-28)22-26(3)33(29-16-7-4-8-17-29,30-18-9-5-10-19-30)31-20-11-6-12-21-31/h4-21,23,25-26H,22,24H2,1-3H3. The van der Waals surface area contributed by atoms with Gasteiger partial charge in [0.15, 0.2) is 0 Å². The van der Waals surface area contributed by atoms with E-state index in [0.717, 1.165) is 12.0 Å². The molecule has 0 aliphatic carbocycles. The molecule has 0 bridgehead atoms. The lowest BCUT2D eigenvalue weighted by atomic mass is 9.61. The molecule has 35 heavy (non-hydrogen) atoms. The van der Waals surface area contributed by atoms with Crippen LogP contribution in [0.4, 0.5) is 0 Å². The lowest BCUT2D eigenvalue weighted by molar-refractivity contribution is -0.148. The van der Waals surface area contributed by atoms with Gasteiger partial charge in [0, 0.05) is 5.41 Å². The molecule has 1 atom stereocenters. The largest absolute Gasteiger partial charge is 0.461 e. The maximum atomic E-state index is 12.0. The van der Waals surface area contributed by atoms with E-state index >= 15 is 0 Å². The molecular weight excluding hydrogens is 428 g/mol. The Morgan fingerprint density at radius 1 is 0.657 bits per heavy atom. The zero-order valence-corrected chi connectivity index (χ0v) is 20.9. The fourth-order valence-electron chi connectivity index (χ4n) is 5.13. The average molecular weight is 463 g/mol. The molecule has 178 valence electrons. The van der Waals surface area contributed by atoms with Gasteiger partial charge in [-0.1, -0.05) is 136 Å². The molecule has 4 rings (SSSR count). The minimum absolute atomic E-state index is 0.124. The molecule has 0 spiro atoms. The number of hydrogen-bond donors (Lipinski definition) is 0. The first-order valence-electron chi connectivity index (χ1n) is 12.4. The first-order valence-corrected chi connectivity index (χ1v) is 12.4. The minimum atomic E-state index is -0.316. The lowest BCUT2D eigenvalue weighted by Gasteiger charge is -2.41. The van der Waals surface area contributed by atoms with Crippen LogP contribution in [0, 0.1) is 11.8 Å². The van der Waals surface area contributed by atoms with Crippen LogP contribution < -0.4 is 0 Å². The van der Waals surface area contributed by atoms with E-state index in [2.05, 4.69) is 116 Å². The van der Waals surface area contributed by atoms with Gasteiger partial charge in [0.1, 0.15) is 6.61 Å². The van der Waals surface area contributed by atoms with Crippen molar-refractivity contribution in [1.82, 2.24) is 0 Å². The highest BCUT2D eigenvalue weighted by Crippen LogP contribution is 2.46. The number of carbonyl (C=O) groups excluding carboxylic acids is 1. The number of carbonyl (C=O) groups is 1. The van der Waals surface area contributed by atoms with E-state index in [1.807, 2.05) is 19.9 Å². The van der Waals surface area contributed by atoms with Crippen LogP contribution in [0.3, 0.4) is 0 Å². The summed E-state index contributed by atoms with van der Waals surface area (Å²) in [4.78, 5) is 12.0. The van der Waals surface area contributed by atoms with E-state index in [1.165, 1.54) is 22.3 Å². The SMILES string of the molecule is CC(C)C(=O)OCc1cccc(CC(C)C(c2ccccc2)(c2ccccc2)c2ccccc2)c1. The quantitative estimate of drug-likeness (QED) is 0.189. The monoisotopic (exact) mass is 462 g/mol. The van der Waals surface area contributed by atoms with Gasteiger partial charge in [-0.15, -0.1) is 0 Å². The molecule has 0 radical (unpaired) electrons. The van der Waals surface area contributed by atoms with E-state index in [4.69, 9.17) is 4.74 Å². The van der Waals surface area contributed by atoms with Crippen molar-refractivity contribution < 1.29 is 9.53 Å². The number of ether oxygens (including phenoxy) is 1. The van der Waals surface area contributed by atoms with Crippen molar-refractivity contribution in [2.75, 3.05) is 0 Å². The summed E-state index contributed by atoms with van der Waals surface area (Å²) in [6.07, 6.45) is 0.880. The number of benzene rings is 4. The number of rotatable bonds is 9. The van der Waals surface area contributed by atoms with Gasteiger partial charge in [0.2, 0.25) is 0 Å². The summed E-state index contributed by atoms with van der Waals surface area (Å²) in [7, 11) is 0. The summed E-state index contributed by atoms with van der Waals surface area (Å²) in [5.41, 5.74) is 5.80. The fourth-order valence-corrected chi connectivity index (χ4v) is 5.13. The molecule has 1 unspecified atom stereocenters. The van der Waals surface area contributed by atoms with Gasteiger partial charge < -0.3 is 4.74 Å². The van der Waals surface area contributed by atoms with Crippen LogP contribution in [0.5, 0.6) is 0 Å². The van der Waals surface area contributed by atoms with Crippen molar-refractivity contribution in [2.45, 2.75) is 39.2 Å². The van der Waals surface area contributed by atoms with Crippen LogP contribution in [0.25, 0.3) is 0 Å². The van der Waals surface area contributed by atoms with Crippen molar-refractivity contribution in [3.05, 3.63) is 143 Å². The Hall–Kier alpha value is -3.65. The van der Waals surface area contributed by atoms with Crippen molar-refractivity contribution in [2.24, 2.45) is 11.8 Å². The first-order chi connectivity index (χ1) is 17.0. The molecule has 0 saturated heterocycles. The molecule has 0 fully saturated rings. The zero-order chi connectivity index (χ0) is 24.7. The van der Waals surface area contributed by atoms with Gasteiger partial charge in [-0.2, -0.15) is 0 Å². The molecule has 0 saturated carbocycles. The molecule has 2 heteroatoms. The van der Waals surface area contributed by atoms with Crippen LogP contribution in [-0.2, 0) is 28.0 Å². The normalized spacial score (nSPS) is 12.3. The summed E-state index contributed by atoms with van der Waals surface area (Å²) >= 11 is 0. The molecule has 0 aliphatic rings. The third-order valence-electron chi connectivity index (χ3n) is 6.81. The number of hydrogen-bond acceptors (Lipinski definition) is 2. The summed E-state index contributed by atoms with van der Waals surface area (Å²) in [6.45, 7) is 6.37. The van der Waals surface area contributed by atoms with E-state index < -0.39 is 0 Å². The maximum absolute atomic E-state index is 12.0. The Morgan fingerprint density at radius 3 is 1.57 bits per heavy atom. The van der Waals surface area contributed by atoms with Crippen LogP contribution in [0.2, 0.25) is 0 Å². The molecule has 0 heterocycles. The van der Waals surface area contributed by atoms with Crippen molar-refractivity contribution in [1.29, 1.82) is 0 Å². The molecule has 0 aromatic heterocycles. The van der Waals surface area contributed by atoms with Gasteiger partial charge in [-0.3, -0.25) is 4.79 Å². The van der Waals surface area contributed by atoms with Gasteiger partial charge in [0.05, 0.1) is 5.92 Å². The molecule has 0 amide bonds. The molecular formula is C33H34O2. The summed E-state index contributed by atoms with van der Waals surface area (Å²) in [5.74, 6) is -0.0374. The molecule has 4 aromatic rings. The Bertz CT molecular complexity index is 1120. The summed E-state index contributed by atoms with van der Waals surface area (Å²) in [6, 6.07) is 41.0. The highest BCUT2D eigenvalue weighted by atomic mass is 16.5. The van der Waals surface area contributed by atoms with Gasteiger partial charge in [-0.05, 0) is 40.2 Å². The predicted molar refractivity (Wildman–Crippen MR) is 143 cm³/mol. The van der Waals surface area contributed by atoms with E-state index in [1.54, 1.807) is 0 Å². The van der Waals surface area contributed by atoms with Crippen molar-refractivity contribution in [3.63, 3.8) is 0 Å². The van der Waals surface area contributed by atoms with Crippen LogP contribution in [0.1, 0.15) is 48.6 Å². The second kappa shape index (κ2) is 11.2. The highest BCUT2D eigenvalue weighted by molar-refractivity contribution is 5.71. The summed E-state index contributed by atoms with van der Waals surface area (Å²) in [5, 5.41) is 0. The van der Waals surface area contributed by atoms with E-state index in [-0.39, 0.29) is 23.2 Å². The molecule has 2 nitrogen and oxygen atoms in total. The van der Waals surface area contributed by atoms with Crippen molar-refractivity contribution >= 4 is 5.97 Å². The van der Waals surface area contributed by atoms with Crippen LogP contribution in [-0.4, -0.2) is 5.97 Å². The molecule has 0 N–H and O–H groups in total. The highest BCUT2D eigenvalue weighted by Gasteiger charge is 2.41. The second-order valence-corrected chi connectivity index (χ2v) is 9.59. The topological polar surface area (TPSA) is 26.3 Å². The summed E-state index contributed by atoms with van der Waals surface area (Å²) < 4.78 is 5.49. The van der Waals surface area contributed by atoms with E-state index in [9.17, 15) is 4.79 Å². The molecule has 0 aliphatic heterocycles. The van der Waals surface area contributed by atoms with Gasteiger partial charge >= 0.3 is 5.97 Å². The minimum Gasteiger partial charge on any atom is -0.461 e. The van der Waals surface area contributed by atoms with Crippen LogP contribution in [0.15, 0.2) is 115 Å². The predicted octanol–water partition coefficient (Wildman–Crippen LogP) is 7.60. The second-order valence-electron chi connectivity index (χ2n) is 9.59. The Labute approximate surface area is 209 Å². The fraction of sp³-hybridized carbons (Fsp3) is 0.242. The Morgan fingerprint density at radius 2 is 1.11 bits per heavy atom. The van der Waals surface area contributed by atoms with Crippen molar-refractivity contribution in [3.8, 4) is 0 Å². The molecule has 4 aromatic carbocycles. The van der Waals surface area contributed by atoms with Gasteiger partial charge in [-0.25, -0.2) is 0 Å².